The number of hydrogen-bond donors (Lipinski definition) is 0. The first-order chi connectivity index (χ1) is 24.6. The molecular formula is C28H19F9InN3O11S3. The number of nitrogens with zero attached hydrogens (tertiary/aromatic N) is 3. The number of halogens is 9. The van der Waals surface area contributed by atoms with Crippen molar-refractivity contribution in [3.63, 3.8) is 0 Å². The van der Waals surface area contributed by atoms with Gasteiger partial charge in [-0.2, -0.15) is 39.5 Å². The van der Waals surface area contributed by atoms with Crippen LogP contribution >= 0.6 is 0 Å². The standard InChI is InChI=1S/C25H19N3O2.3CHF3O3S.In/c1-3-8-16-14(6-1)12-20-22(16)27-24(29-20)18-10-5-11-19(26-18)25-28-23-17-9-4-2-7-15(17)13-21(23)30-25;3*2-1(3,4)8(5,6)7;/h1-11,20-23H,12-13H2;3*(H,5,6,7);/q;;;;+3/p-3/t20-,21-,22+,23+;;;;/m1..../s1. The van der Waals surface area contributed by atoms with Crippen molar-refractivity contribution in [2.45, 2.75) is 53.7 Å². The molecule has 2 aliphatic heterocycles. The molecular weight excluding hydrogens is 936 g/mol. The Morgan fingerprint density at radius 3 is 1.11 bits per heavy atom. The van der Waals surface area contributed by atoms with Crippen LogP contribution in [0.3, 0.4) is 0 Å². The van der Waals surface area contributed by atoms with E-state index in [0.29, 0.717) is 11.8 Å². The topological polar surface area (TPSA) is 228 Å². The molecule has 3 heterocycles. The van der Waals surface area contributed by atoms with Crippen LogP contribution < -0.4 is 0 Å². The third kappa shape index (κ3) is 11.1. The second-order valence-corrected chi connectivity index (χ2v) is 15.1. The van der Waals surface area contributed by atoms with Crippen LogP contribution in [0.15, 0.2) is 76.7 Å². The van der Waals surface area contributed by atoms with Gasteiger partial charge in [-0.3, -0.25) is 0 Å². The normalized spacial score (nSPS) is 21.0. The van der Waals surface area contributed by atoms with E-state index in [0.717, 1.165) is 24.2 Å². The fourth-order valence-corrected chi connectivity index (χ4v) is 5.12. The molecule has 3 aromatic rings. The van der Waals surface area contributed by atoms with Crippen LogP contribution in [0.4, 0.5) is 39.5 Å². The number of hydrogen-bond acceptors (Lipinski definition) is 14. The Hall–Kier alpha value is -3.50. The molecule has 0 saturated heterocycles. The van der Waals surface area contributed by atoms with E-state index >= 15 is 0 Å². The first kappa shape index (κ1) is 45.9. The zero-order valence-corrected chi connectivity index (χ0v) is 32.4. The molecule has 1 aromatic heterocycles. The minimum Gasteiger partial charge on any atom is -0.741 e. The summed E-state index contributed by atoms with van der Waals surface area (Å²) in [6.45, 7) is 0. The molecule has 55 heavy (non-hydrogen) atoms. The van der Waals surface area contributed by atoms with Gasteiger partial charge >= 0.3 is 42.4 Å². The number of ether oxygens (including phenoxy) is 2. The average Bonchev–Trinajstić information content (AvgIpc) is 3.78. The zero-order valence-electron chi connectivity index (χ0n) is 26.6. The summed E-state index contributed by atoms with van der Waals surface area (Å²) in [6.07, 6.45) is 1.93. The fraction of sp³-hybridized carbons (Fsp3) is 0.321. The monoisotopic (exact) mass is 955 g/mol. The number of aromatic nitrogens is 1. The summed E-state index contributed by atoms with van der Waals surface area (Å²) < 4.78 is 189. The van der Waals surface area contributed by atoms with Crippen LogP contribution in [0.1, 0.15) is 45.7 Å². The van der Waals surface area contributed by atoms with Gasteiger partial charge in [0.15, 0.2) is 30.4 Å². The molecule has 4 aliphatic rings. The first-order valence-electron chi connectivity index (χ1n) is 14.3. The van der Waals surface area contributed by atoms with Gasteiger partial charge < -0.3 is 23.1 Å². The minimum absolute atomic E-state index is 0. The molecule has 0 bridgehead atoms. The third-order valence-electron chi connectivity index (χ3n) is 7.37. The van der Waals surface area contributed by atoms with Gasteiger partial charge in [0.1, 0.15) is 35.7 Å². The summed E-state index contributed by atoms with van der Waals surface area (Å²) in [5.74, 6) is 1.23. The maximum Gasteiger partial charge on any atom is 3.00 e. The van der Waals surface area contributed by atoms with E-state index in [9.17, 15) is 39.5 Å². The van der Waals surface area contributed by atoms with E-state index in [4.69, 9.17) is 63.4 Å². The molecule has 27 heteroatoms. The Bertz CT molecular complexity index is 2100. The summed E-state index contributed by atoms with van der Waals surface area (Å²) >= 11 is 0. The second-order valence-electron chi connectivity index (χ2n) is 11.0. The molecule has 0 N–H and O–H groups in total. The molecule has 0 amide bonds. The van der Waals surface area contributed by atoms with Crippen molar-refractivity contribution < 1.29 is 87.9 Å². The Morgan fingerprint density at radius 2 is 0.818 bits per heavy atom. The summed E-state index contributed by atoms with van der Waals surface area (Å²) in [6, 6.07) is 22.9. The molecule has 0 fully saturated rings. The smallest absolute Gasteiger partial charge is 0.741 e. The van der Waals surface area contributed by atoms with Crippen molar-refractivity contribution in [2.24, 2.45) is 9.98 Å². The molecule has 7 rings (SSSR count). The number of pyridine rings is 1. The predicted molar refractivity (Wildman–Crippen MR) is 166 cm³/mol. The fourth-order valence-electron chi connectivity index (χ4n) is 5.12. The SMILES string of the molecule is O=S(=O)([O-])C(F)(F)F.O=S(=O)([O-])C(F)(F)F.O=S(=O)([O-])C(F)(F)F.[In+3].c1cc(C2=N[C@H]3c4ccccc4C[C@H]3O2)nc(C2=N[C@H]3c4ccccc4C[C@H]3O2)c1. The third-order valence-corrected chi connectivity index (χ3v) is 9.07. The first-order valence-corrected chi connectivity index (χ1v) is 18.5. The van der Waals surface area contributed by atoms with Crippen LogP contribution in [0.5, 0.6) is 0 Å². The molecule has 14 nitrogen and oxygen atoms in total. The van der Waals surface area contributed by atoms with Gasteiger partial charge in [0.25, 0.3) is 0 Å². The van der Waals surface area contributed by atoms with Crippen molar-refractivity contribution in [1.29, 1.82) is 0 Å². The van der Waals surface area contributed by atoms with E-state index < -0.39 is 46.9 Å². The van der Waals surface area contributed by atoms with Gasteiger partial charge in [-0.15, -0.1) is 0 Å². The molecule has 0 radical (unpaired) electrons. The molecule has 0 spiro atoms. The molecule has 2 aliphatic carbocycles. The van der Waals surface area contributed by atoms with E-state index in [1.165, 1.54) is 22.3 Å². The van der Waals surface area contributed by atoms with Gasteiger partial charge in [-0.1, -0.05) is 54.6 Å². The van der Waals surface area contributed by atoms with Gasteiger partial charge in [-0.05, 0) is 34.4 Å². The minimum atomic E-state index is -6.09. The van der Waals surface area contributed by atoms with Crippen molar-refractivity contribution in [3.8, 4) is 0 Å². The molecule has 0 saturated carbocycles. The summed E-state index contributed by atoms with van der Waals surface area (Å²) in [7, 11) is -18.3. The Morgan fingerprint density at radius 1 is 0.527 bits per heavy atom. The van der Waals surface area contributed by atoms with Gasteiger partial charge in [0.2, 0.25) is 11.8 Å². The largest absolute Gasteiger partial charge is 3.00 e. The van der Waals surface area contributed by atoms with E-state index in [1.54, 1.807) is 0 Å². The van der Waals surface area contributed by atoms with Gasteiger partial charge in [0.05, 0.1) is 0 Å². The van der Waals surface area contributed by atoms with Crippen LogP contribution in [0.2, 0.25) is 0 Å². The van der Waals surface area contributed by atoms with Crippen molar-refractivity contribution in [3.05, 3.63) is 100 Å². The Labute approximate surface area is 323 Å². The van der Waals surface area contributed by atoms with E-state index in [1.807, 2.05) is 18.2 Å². The number of benzene rings is 2. The molecule has 296 valence electrons. The summed E-state index contributed by atoms with van der Waals surface area (Å²) in [4.78, 5) is 14.5. The van der Waals surface area contributed by atoms with Gasteiger partial charge in [-0.25, -0.2) is 40.2 Å². The maximum absolute atomic E-state index is 10.7. The Kier molecular flexibility index (Phi) is 13.8. The Balaban J connectivity index is 0.000000269. The quantitative estimate of drug-likeness (QED) is 0.203. The van der Waals surface area contributed by atoms with E-state index in [2.05, 4.69) is 48.5 Å². The van der Waals surface area contributed by atoms with Crippen molar-refractivity contribution in [1.82, 2.24) is 4.98 Å². The van der Waals surface area contributed by atoms with Crippen LogP contribution in [0.25, 0.3) is 0 Å². The molecule has 2 aromatic carbocycles. The number of aliphatic imine (C=N–C) groups is 2. The average molecular weight is 955 g/mol. The molecule has 4 atom stereocenters. The van der Waals surface area contributed by atoms with Crippen LogP contribution in [-0.2, 0) is 52.7 Å². The maximum atomic E-state index is 10.7. The predicted octanol–water partition coefficient (Wildman–Crippen LogP) is 3.74. The summed E-state index contributed by atoms with van der Waals surface area (Å²) in [5.41, 5.74) is -10.3. The number of rotatable bonds is 2. The number of fused-ring (bicyclic) bond motifs is 6. The van der Waals surface area contributed by atoms with Crippen LogP contribution in [-0.4, -0.2) is 110 Å². The van der Waals surface area contributed by atoms with Gasteiger partial charge in [0, 0.05) is 12.8 Å². The molecule has 0 unspecified atom stereocenters. The number of alkyl halides is 9. The van der Waals surface area contributed by atoms with Crippen molar-refractivity contribution in [2.75, 3.05) is 0 Å². The van der Waals surface area contributed by atoms with E-state index in [-0.39, 0.29) is 50.1 Å². The second kappa shape index (κ2) is 16.5. The zero-order chi connectivity index (χ0) is 40.7. The van der Waals surface area contributed by atoms with Crippen molar-refractivity contribution >= 4 is 68.0 Å². The van der Waals surface area contributed by atoms with Crippen LogP contribution in [0, 0.1) is 0 Å². The summed E-state index contributed by atoms with van der Waals surface area (Å²) in [5, 5.41) is 0.